The van der Waals surface area contributed by atoms with Gasteiger partial charge in [0.2, 0.25) is 0 Å². The zero-order chi connectivity index (χ0) is 24.5. The highest BCUT2D eigenvalue weighted by atomic mass is 15.0. The number of aromatic amines is 1. The molecule has 2 saturated heterocycles. The van der Waals surface area contributed by atoms with Crippen molar-refractivity contribution in [1.29, 1.82) is 0 Å². The van der Waals surface area contributed by atoms with Gasteiger partial charge in [0.25, 0.3) is 0 Å². The van der Waals surface area contributed by atoms with E-state index in [-0.39, 0.29) is 0 Å². The number of hydrogen-bond donors (Lipinski definition) is 5. The molecule has 6 nitrogen and oxygen atoms in total. The molecule has 186 valence electrons. The Bertz CT molecular complexity index is 1270. The first-order chi connectivity index (χ1) is 17.6. The number of hydrogen-bond acceptors (Lipinski definition) is 5. The Morgan fingerprint density at radius 1 is 0.917 bits per heavy atom. The Kier molecular flexibility index (Phi) is 6.38. The van der Waals surface area contributed by atoms with Crippen LogP contribution in [0.5, 0.6) is 0 Å². The molecule has 0 radical (unpaired) electrons. The van der Waals surface area contributed by atoms with E-state index >= 15 is 0 Å². The highest BCUT2D eigenvalue weighted by Gasteiger charge is 2.21. The maximum absolute atomic E-state index is 6.60. The molecule has 3 aromatic rings. The fourth-order valence-electron chi connectivity index (χ4n) is 5.77. The van der Waals surface area contributed by atoms with Crippen LogP contribution in [0.15, 0.2) is 72.3 Å². The molecule has 6 rings (SSSR count). The van der Waals surface area contributed by atoms with E-state index in [9.17, 15) is 0 Å². The molecule has 0 saturated carbocycles. The normalized spacial score (nSPS) is 21.9. The molecule has 1 aromatic heterocycles. The summed E-state index contributed by atoms with van der Waals surface area (Å²) >= 11 is 0. The molecule has 3 aliphatic rings. The lowest BCUT2D eigenvalue weighted by Gasteiger charge is -2.19. The van der Waals surface area contributed by atoms with Gasteiger partial charge in [-0.3, -0.25) is 0 Å². The van der Waals surface area contributed by atoms with Crippen molar-refractivity contribution in [2.75, 3.05) is 13.1 Å². The molecule has 0 unspecified atom stereocenters. The summed E-state index contributed by atoms with van der Waals surface area (Å²) in [5.41, 5.74) is 17.1. The van der Waals surface area contributed by atoms with Crippen molar-refractivity contribution in [3.8, 4) is 22.4 Å². The van der Waals surface area contributed by atoms with Crippen LogP contribution >= 0.6 is 0 Å². The minimum Gasteiger partial charge on any atom is -0.400 e. The molecule has 0 amide bonds. The van der Waals surface area contributed by atoms with E-state index < -0.39 is 0 Å². The standard InChI is InChI=1S/C30H36N6/c1-19(26-4-2-14-32-26)35-27-13-12-21-8-11-23(16-24(21)17-25(27)31)20-6-9-22(10-7-20)29-18-34-30(36-29)28-5-3-15-33-28/h6-11,16,18,26,28,32-33,35H,1-5,12-15,17,31H2,(H,34,36)/t26-,28-/m0/s1. The van der Waals surface area contributed by atoms with Gasteiger partial charge in [-0.1, -0.05) is 49.0 Å². The van der Waals surface area contributed by atoms with Gasteiger partial charge in [0.05, 0.1) is 17.9 Å². The molecular formula is C30H36N6. The van der Waals surface area contributed by atoms with Crippen LogP contribution in [0.3, 0.4) is 0 Å². The fourth-order valence-corrected chi connectivity index (χ4v) is 5.77. The summed E-state index contributed by atoms with van der Waals surface area (Å²) in [4.78, 5) is 8.13. The zero-order valence-electron chi connectivity index (χ0n) is 20.9. The second-order valence-electron chi connectivity index (χ2n) is 10.4. The fraction of sp³-hybridized carbons (Fsp3) is 0.367. The number of aryl methyl sites for hydroxylation is 1. The van der Waals surface area contributed by atoms with Crippen molar-refractivity contribution < 1.29 is 0 Å². The molecule has 1 aliphatic carbocycles. The van der Waals surface area contributed by atoms with Crippen LogP contribution in [0, 0.1) is 0 Å². The van der Waals surface area contributed by atoms with E-state index in [1.807, 2.05) is 6.20 Å². The third-order valence-electron chi connectivity index (χ3n) is 7.93. The maximum atomic E-state index is 6.60. The average molecular weight is 481 g/mol. The lowest BCUT2D eigenvalue weighted by molar-refractivity contribution is 0.613. The second-order valence-corrected chi connectivity index (χ2v) is 10.4. The van der Waals surface area contributed by atoms with Gasteiger partial charge in [0.1, 0.15) is 5.82 Å². The first-order valence-electron chi connectivity index (χ1n) is 13.3. The molecule has 3 heterocycles. The second kappa shape index (κ2) is 9.96. The van der Waals surface area contributed by atoms with E-state index in [0.717, 1.165) is 79.4 Å². The van der Waals surface area contributed by atoms with E-state index in [2.05, 4.69) is 75.0 Å². The molecule has 36 heavy (non-hydrogen) atoms. The van der Waals surface area contributed by atoms with Gasteiger partial charge in [-0.25, -0.2) is 4.98 Å². The van der Waals surface area contributed by atoms with E-state index in [1.165, 1.54) is 35.1 Å². The van der Waals surface area contributed by atoms with E-state index in [0.29, 0.717) is 12.1 Å². The predicted octanol–water partition coefficient (Wildman–Crippen LogP) is 4.68. The SMILES string of the molecule is C=C(NC1=C(N)Cc2cc(-c3ccc(-c4cnc([C@@H]5CCCN5)[nH]4)cc3)ccc2CC1)[C@@H]1CCCN1. The third kappa shape index (κ3) is 4.71. The predicted molar refractivity (Wildman–Crippen MR) is 146 cm³/mol. The molecule has 2 atom stereocenters. The topological polar surface area (TPSA) is 90.8 Å². The van der Waals surface area contributed by atoms with Gasteiger partial charge in [-0.15, -0.1) is 0 Å². The lowest BCUT2D eigenvalue weighted by atomic mass is 9.95. The molecule has 0 spiro atoms. The van der Waals surface area contributed by atoms with Crippen molar-refractivity contribution >= 4 is 0 Å². The number of fused-ring (bicyclic) bond motifs is 1. The number of imidazole rings is 1. The van der Waals surface area contributed by atoms with Gasteiger partial charge >= 0.3 is 0 Å². The highest BCUT2D eigenvalue weighted by molar-refractivity contribution is 5.69. The van der Waals surface area contributed by atoms with Crippen molar-refractivity contribution in [3.05, 3.63) is 89.3 Å². The Labute approximate surface area is 213 Å². The van der Waals surface area contributed by atoms with Gasteiger partial charge in [-0.05, 0) is 79.4 Å². The first kappa shape index (κ1) is 23.1. The molecule has 2 aliphatic heterocycles. The minimum atomic E-state index is 0.346. The summed E-state index contributed by atoms with van der Waals surface area (Å²) in [6.07, 6.45) is 9.32. The average Bonchev–Trinajstić information content (AvgIpc) is 3.68. The quantitative estimate of drug-likeness (QED) is 0.353. The first-order valence-corrected chi connectivity index (χ1v) is 13.3. The number of benzene rings is 2. The number of aromatic nitrogens is 2. The third-order valence-corrected chi connectivity index (χ3v) is 7.93. The Morgan fingerprint density at radius 3 is 2.47 bits per heavy atom. The van der Waals surface area contributed by atoms with Crippen molar-refractivity contribution in [2.45, 2.75) is 57.0 Å². The summed E-state index contributed by atoms with van der Waals surface area (Å²) < 4.78 is 0. The van der Waals surface area contributed by atoms with Crippen LogP contribution in [-0.2, 0) is 12.8 Å². The summed E-state index contributed by atoms with van der Waals surface area (Å²) in [5.74, 6) is 1.04. The molecule has 2 aromatic carbocycles. The molecular weight excluding hydrogens is 444 g/mol. The summed E-state index contributed by atoms with van der Waals surface area (Å²) in [6.45, 7) is 6.41. The summed E-state index contributed by atoms with van der Waals surface area (Å²) in [5, 5.41) is 10.6. The van der Waals surface area contributed by atoms with Crippen LogP contribution in [0.2, 0.25) is 0 Å². The number of rotatable bonds is 6. The number of nitrogens with zero attached hydrogens (tertiary/aromatic N) is 1. The largest absolute Gasteiger partial charge is 0.400 e. The van der Waals surface area contributed by atoms with Gasteiger partial charge in [-0.2, -0.15) is 0 Å². The number of nitrogens with two attached hydrogens (primary N) is 1. The summed E-state index contributed by atoms with van der Waals surface area (Å²) in [7, 11) is 0. The van der Waals surface area contributed by atoms with Gasteiger partial charge < -0.3 is 26.7 Å². The van der Waals surface area contributed by atoms with Crippen molar-refractivity contribution in [2.24, 2.45) is 5.73 Å². The smallest absolute Gasteiger partial charge is 0.123 e. The molecule has 6 N–H and O–H groups in total. The summed E-state index contributed by atoms with van der Waals surface area (Å²) in [6, 6.07) is 16.3. The zero-order valence-corrected chi connectivity index (χ0v) is 20.9. The van der Waals surface area contributed by atoms with E-state index in [4.69, 9.17) is 5.73 Å². The molecule has 2 fully saturated rings. The van der Waals surface area contributed by atoms with Crippen molar-refractivity contribution in [1.82, 2.24) is 25.9 Å². The van der Waals surface area contributed by atoms with Crippen LogP contribution in [0.1, 0.15) is 55.1 Å². The number of nitrogens with one attached hydrogen (secondary N) is 4. The molecule has 0 bridgehead atoms. The van der Waals surface area contributed by atoms with Crippen LogP contribution in [0.25, 0.3) is 22.4 Å². The molecule has 6 heteroatoms. The van der Waals surface area contributed by atoms with Crippen LogP contribution < -0.4 is 21.7 Å². The Balaban J connectivity index is 1.17. The van der Waals surface area contributed by atoms with Crippen LogP contribution in [0.4, 0.5) is 0 Å². The van der Waals surface area contributed by atoms with Crippen molar-refractivity contribution in [3.63, 3.8) is 0 Å². The highest BCUT2D eigenvalue weighted by Crippen LogP contribution is 2.30. The van der Waals surface area contributed by atoms with E-state index in [1.54, 1.807) is 0 Å². The maximum Gasteiger partial charge on any atom is 0.123 e. The lowest BCUT2D eigenvalue weighted by Crippen LogP contribution is -2.31. The Hall–Kier alpha value is -3.35. The monoisotopic (exact) mass is 480 g/mol. The van der Waals surface area contributed by atoms with Gasteiger partial charge in [0.15, 0.2) is 0 Å². The van der Waals surface area contributed by atoms with Crippen LogP contribution in [-0.4, -0.2) is 29.1 Å². The number of H-pyrrole nitrogens is 1. The number of allylic oxidation sites excluding steroid dienone is 2. The Morgan fingerprint density at radius 2 is 1.69 bits per heavy atom. The minimum absolute atomic E-state index is 0.346. The van der Waals surface area contributed by atoms with Gasteiger partial charge in [0, 0.05) is 29.6 Å².